The van der Waals surface area contributed by atoms with E-state index < -0.39 is 34.2 Å². The van der Waals surface area contributed by atoms with E-state index in [1.54, 1.807) is 54.9 Å². The fourth-order valence-electron chi connectivity index (χ4n) is 4.04. The fourth-order valence-corrected chi connectivity index (χ4v) is 5.11. The second kappa shape index (κ2) is 13.9. The summed E-state index contributed by atoms with van der Waals surface area (Å²) in [5.41, 5.74) is 1.98. The first-order valence-corrected chi connectivity index (χ1v) is 14.6. The van der Waals surface area contributed by atoms with Crippen molar-refractivity contribution < 1.29 is 46.5 Å². The summed E-state index contributed by atoms with van der Waals surface area (Å²) < 4.78 is 61.5. The van der Waals surface area contributed by atoms with Gasteiger partial charge in [-0.15, -0.1) is 0 Å². The zero-order valence-corrected chi connectivity index (χ0v) is 24.4. The highest BCUT2D eigenvalue weighted by molar-refractivity contribution is 7.92. The van der Waals surface area contributed by atoms with Crippen LogP contribution < -0.4 is 10.0 Å². The van der Waals surface area contributed by atoms with Gasteiger partial charge in [0.25, 0.3) is 10.0 Å². The molecule has 0 saturated heterocycles. The Morgan fingerprint density at radius 3 is 2.23 bits per heavy atom. The summed E-state index contributed by atoms with van der Waals surface area (Å²) >= 11 is 0. The standard InChI is InChI=1S/C27H30N4O5S.C2HF3O2/c1-27(2,14-15-31-18-28-25-22(26(33)34)12-7-13-23(25)31)29-17-24(32)19-8-6-9-20(16-19)30-37(35,36)21-10-4-3-5-11-21;3-2(4,5)1(6)7/h3-13,16,18,24,29-30,32H,14-15,17H2,1-2H3,(H,33,34);(H,6,7). The number of imidazole rings is 1. The van der Waals surface area contributed by atoms with Crippen LogP contribution in [0.15, 0.2) is 84.0 Å². The summed E-state index contributed by atoms with van der Waals surface area (Å²) in [6.45, 7) is 4.90. The molecule has 0 aliphatic carbocycles. The molecule has 44 heavy (non-hydrogen) atoms. The molecular formula is C29H31F3N4O7S. The fraction of sp³-hybridized carbons (Fsp3) is 0.276. The van der Waals surface area contributed by atoms with E-state index in [4.69, 9.17) is 9.90 Å². The smallest absolute Gasteiger partial charge is 0.478 e. The molecule has 1 atom stereocenters. The van der Waals surface area contributed by atoms with Crippen LogP contribution in [0.4, 0.5) is 18.9 Å². The first kappa shape index (κ1) is 34.0. The lowest BCUT2D eigenvalue weighted by atomic mass is 9.99. The number of sulfonamides is 1. The maximum atomic E-state index is 12.6. The molecule has 1 unspecified atom stereocenters. The Morgan fingerprint density at radius 1 is 0.977 bits per heavy atom. The minimum absolute atomic E-state index is 0.161. The Morgan fingerprint density at radius 2 is 1.61 bits per heavy atom. The lowest BCUT2D eigenvalue weighted by molar-refractivity contribution is -0.192. The number of carboxylic acids is 2. The minimum Gasteiger partial charge on any atom is -0.478 e. The number of aliphatic hydroxyl groups is 1. The number of fused-ring (bicyclic) bond motifs is 1. The van der Waals surface area contributed by atoms with E-state index in [1.165, 1.54) is 18.2 Å². The predicted molar refractivity (Wildman–Crippen MR) is 156 cm³/mol. The van der Waals surface area contributed by atoms with E-state index in [9.17, 15) is 36.6 Å². The molecule has 0 radical (unpaired) electrons. The average Bonchev–Trinajstić information content (AvgIpc) is 3.38. The second-order valence-corrected chi connectivity index (χ2v) is 12.0. The number of hydrogen-bond donors (Lipinski definition) is 5. The summed E-state index contributed by atoms with van der Waals surface area (Å²) in [6.07, 6.45) is -3.60. The van der Waals surface area contributed by atoms with Crippen LogP contribution in [-0.2, 0) is 21.4 Å². The topological polar surface area (TPSA) is 171 Å². The number of anilines is 1. The van der Waals surface area contributed by atoms with Crippen LogP contribution in [0.5, 0.6) is 0 Å². The molecule has 4 aromatic rings. The molecule has 0 spiro atoms. The Labute approximate surface area is 251 Å². The molecule has 0 aliphatic rings. The number of alkyl halides is 3. The molecule has 0 saturated carbocycles. The summed E-state index contributed by atoms with van der Waals surface area (Å²) in [5.74, 6) is -3.77. The van der Waals surface area contributed by atoms with Crippen LogP contribution >= 0.6 is 0 Å². The molecule has 15 heteroatoms. The summed E-state index contributed by atoms with van der Waals surface area (Å²) in [4.78, 5) is 24.8. The molecular weight excluding hydrogens is 605 g/mol. The van der Waals surface area contributed by atoms with Gasteiger partial charge in [0.15, 0.2) is 0 Å². The van der Waals surface area contributed by atoms with Gasteiger partial charge in [-0.25, -0.2) is 23.0 Å². The van der Waals surface area contributed by atoms with Gasteiger partial charge >= 0.3 is 18.1 Å². The normalized spacial score (nSPS) is 12.7. The van der Waals surface area contributed by atoms with E-state index >= 15 is 0 Å². The molecule has 236 valence electrons. The lowest BCUT2D eigenvalue weighted by Gasteiger charge is -2.28. The van der Waals surface area contributed by atoms with Crippen molar-refractivity contribution in [2.75, 3.05) is 11.3 Å². The number of aliphatic carboxylic acids is 1. The number of rotatable bonds is 11. The van der Waals surface area contributed by atoms with E-state index in [0.29, 0.717) is 29.7 Å². The molecule has 0 fully saturated rings. The third-order valence-corrected chi connectivity index (χ3v) is 7.85. The summed E-state index contributed by atoms with van der Waals surface area (Å²) in [5, 5.41) is 30.7. The zero-order valence-electron chi connectivity index (χ0n) is 23.6. The van der Waals surface area contributed by atoms with Crippen LogP contribution in [0.3, 0.4) is 0 Å². The molecule has 11 nitrogen and oxygen atoms in total. The Balaban J connectivity index is 0.000000676. The lowest BCUT2D eigenvalue weighted by Crippen LogP contribution is -2.42. The second-order valence-electron chi connectivity index (χ2n) is 10.3. The average molecular weight is 637 g/mol. The largest absolute Gasteiger partial charge is 0.490 e. The van der Waals surface area contributed by atoms with Gasteiger partial charge in [-0.1, -0.05) is 36.4 Å². The zero-order chi connectivity index (χ0) is 32.7. The van der Waals surface area contributed by atoms with Crippen molar-refractivity contribution in [1.29, 1.82) is 0 Å². The number of aryl methyl sites for hydroxylation is 1. The number of para-hydroxylation sites is 1. The van der Waals surface area contributed by atoms with Crippen LogP contribution in [0, 0.1) is 0 Å². The number of aromatic nitrogens is 2. The number of aliphatic hydroxyl groups excluding tert-OH is 1. The van der Waals surface area contributed by atoms with Gasteiger partial charge in [0.1, 0.15) is 5.52 Å². The van der Waals surface area contributed by atoms with Crippen molar-refractivity contribution in [3.05, 3.63) is 90.3 Å². The maximum absolute atomic E-state index is 12.6. The van der Waals surface area contributed by atoms with Gasteiger partial charge in [0, 0.05) is 24.3 Å². The highest BCUT2D eigenvalue weighted by Gasteiger charge is 2.38. The van der Waals surface area contributed by atoms with Crippen LogP contribution in [0.2, 0.25) is 0 Å². The molecule has 5 N–H and O–H groups in total. The number of nitrogens with one attached hydrogen (secondary N) is 2. The number of halogens is 3. The highest BCUT2D eigenvalue weighted by atomic mass is 32.2. The molecule has 0 bridgehead atoms. The number of benzene rings is 3. The molecule has 3 aromatic carbocycles. The van der Waals surface area contributed by atoms with Crippen LogP contribution in [-0.4, -0.2) is 63.5 Å². The maximum Gasteiger partial charge on any atom is 0.490 e. The molecule has 1 aromatic heterocycles. The minimum atomic E-state index is -5.08. The Bertz CT molecular complexity index is 1710. The number of nitrogens with zero attached hydrogens (tertiary/aromatic N) is 2. The van der Waals surface area contributed by atoms with Crippen molar-refractivity contribution >= 4 is 38.7 Å². The van der Waals surface area contributed by atoms with Crippen LogP contribution in [0.25, 0.3) is 11.0 Å². The van der Waals surface area contributed by atoms with Crippen molar-refractivity contribution in [2.24, 2.45) is 0 Å². The third kappa shape index (κ3) is 9.26. The van der Waals surface area contributed by atoms with Gasteiger partial charge in [0.2, 0.25) is 0 Å². The Hall–Kier alpha value is -4.47. The van der Waals surface area contributed by atoms with Gasteiger partial charge in [0.05, 0.1) is 28.4 Å². The summed E-state index contributed by atoms with van der Waals surface area (Å²) in [6, 6.07) is 19.9. The van der Waals surface area contributed by atoms with Crippen molar-refractivity contribution in [1.82, 2.24) is 14.9 Å². The Kier molecular flexibility index (Phi) is 10.7. The van der Waals surface area contributed by atoms with Gasteiger partial charge in [-0.3, -0.25) is 4.72 Å². The molecule has 4 rings (SSSR count). The van der Waals surface area contributed by atoms with Crippen molar-refractivity contribution in [2.45, 2.75) is 49.5 Å². The SMILES string of the molecule is CC(C)(CCn1cnc2c(C(=O)O)cccc21)NCC(O)c1cccc(NS(=O)(=O)c2ccccc2)c1.O=C(O)C(F)(F)F. The monoisotopic (exact) mass is 636 g/mol. The number of carbonyl (C=O) groups is 2. The highest BCUT2D eigenvalue weighted by Crippen LogP contribution is 2.23. The van der Waals surface area contributed by atoms with Gasteiger partial charge < -0.3 is 25.2 Å². The third-order valence-electron chi connectivity index (χ3n) is 6.45. The van der Waals surface area contributed by atoms with E-state index in [1.807, 2.05) is 24.5 Å². The number of aromatic carboxylic acids is 1. The number of β-amino-alcohol motifs (C(OH)–C–C–N with tert-alkyl or cyclic N) is 1. The number of carboxylic acid groups (broad SMARTS) is 2. The molecule has 1 heterocycles. The predicted octanol–water partition coefficient (Wildman–Crippen LogP) is 4.66. The van der Waals surface area contributed by atoms with Crippen LogP contribution in [0.1, 0.15) is 42.3 Å². The van der Waals surface area contributed by atoms with E-state index in [0.717, 1.165) is 5.52 Å². The first-order valence-electron chi connectivity index (χ1n) is 13.1. The van der Waals surface area contributed by atoms with E-state index in [2.05, 4.69) is 15.0 Å². The summed E-state index contributed by atoms with van der Waals surface area (Å²) in [7, 11) is -3.73. The molecule has 0 aliphatic heterocycles. The van der Waals surface area contributed by atoms with Gasteiger partial charge in [-0.05, 0) is 62.2 Å². The number of hydrogen-bond acceptors (Lipinski definition) is 7. The van der Waals surface area contributed by atoms with E-state index in [-0.39, 0.29) is 22.5 Å². The van der Waals surface area contributed by atoms with Crippen molar-refractivity contribution in [3.8, 4) is 0 Å². The quantitative estimate of drug-likeness (QED) is 0.157. The first-order chi connectivity index (χ1) is 20.5. The van der Waals surface area contributed by atoms with Crippen molar-refractivity contribution in [3.63, 3.8) is 0 Å². The van der Waals surface area contributed by atoms with Gasteiger partial charge in [-0.2, -0.15) is 13.2 Å². The molecule has 0 amide bonds.